The molecule has 64 heavy (non-hydrogen) atoms. The SMILES string of the molecule is Cc1ccc(N(c2ccc(-c3ccccc3)cc2)c2ccc3oc4ccccc4c3c2)cc1Oc1ccc2c3c(cccc13)Oc1cc(N(c3ccccc3)c3ccccc3)ccc1-2. The van der Waals surface area contributed by atoms with Gasteiger partial charge in [-0.05, 0) is 126 Å². The first kappa shape index (κ1) is 37.2. The fourth-order valence-electron chi connectivity index (χ4n) is 9.11. The summed E-state index contributed by atoms with van der Waals surface area (Å²) in [5.74, 6) is 3.13. The minimum Gasteiger partial charge on any atom is -0.456 e. The molecule has 0 amide bonds. The molecule has 5 heteroatoms. The van der Waals surface area contributed by atoms with Gasteiger partial charge in [0.15, 0.2) is 0 Å². The molecule has 0 aliphatic carbocycles. The molecular formula is C59H40N2O3. The molecule has 0 saturated heterocycles. The summed E-state index contributed by atoms with van der Waals surface area (Å²) in [6.07, 6.45) is 0. The number of furan rings is 1. The number of ether oxygens (including phenoxy) is 2. The van der Waals surface area contributed by atoms with E-state index in [2.05, 4.69) is 199 Å². The second-order valence-corrected chi connectivity index (χ2v) is 16.2. The van der Waals surface area contributed by atoms with Gasteiger partial charge in [-0.25, -0.2) is 0 Å². The first-order chi connectivity index (χ1) is 31.6. The fraction of sp³-hybridized carbons (Fsp3) is 0.0169. The van der Waals surface area contributed by atoms with Gasteiger partial charge in [0.1, 0.15) is 34.2 Å². The van der Waals surface area contributed by atoms with Crippen molar-refractivity contribution >= 4 is 66.8 Å². The van der Waals surface area contributed by atoms with Gasteiger partial charge < -0.3 is 23.7 Å². The number of para-hydroxylation sites is 3. The zero-order valence-corrected chi connectivity index (χ0v) is 35.0. The van der Waals surface area contributed by atoms with Crippen molar-refractivity contribution in [1.82, 2.24) is 0 Å². The topological polar surface area (TPSA) is 38.1 Å². The van der Waals surface area contributed by atoms with E-state index in [0.717, 1.165) is 112 Å². The molecule has 0 spiro atoms. The van der Waals surface area contributed by atoms with Gasteiger partial charge in [0.05, 0.1) is 0 Å². The highest BCUT2D eigenvalue weighted by Gasteiger charge is 2.25. The average Bonchev–Trinajstić information content (AvgIpc) is 3.72. The maximum Gasteiger partial charge on any atom is 0.137 e. The highest BCUT2D eigenvalue weighted by molar-refractivity contribution is 6.08. The summed E-state index contributed by atoms with van der Waals surface area (Å²) in [5.41, 5.74) is 13.4. The van der Waals surface area contributed by atoms with Crippen molar-refractivity contribution in [2.24, 2.45) is 0 Å². The van der Waals surface area contributed by atoms with Gasteiger partial charge >= 0.3 is 0 Å². The summed E-state index contributed by atoms with van der Waals surface area (Å²) >= 11 is 0. The van der Waals surface area contributed by atoms with Gasteiger partial charge in [-0.2, -0.15) is 0 Å². The number of rotatable bonds is 9. The number of hydrogen-bond acceptors (Lipinski definition) is 5. The van der Waals surface area contributed by atoms with Crippen LogP contribution in [0.1, 0.15) is 5.56 Å². The Balaban J connectivity index is 0.926. The van der Waals surface area contributed by atoms with Gasteiger partial charge in [-0.1, -0.05) is 115 Å². The first-order valence-corrected chi connectivity index (χ1v) is 21.6. The molecule has 0 unspecified atom stereocenters. The maximum atomic E-state index is 6.99. The molecule has 12 rings (SSSR count). The lowest BCUT2D eigenvalue weighted by atomic mass is 9.94. The molecule has 1 aliphatic heterocycles. The Morgan fingerprint density at radius 2 is 0.922 bits per heavy atom. The van der Waals surface area contributed by atoms with Crippen LogP contribution in [0.4, 0.5) is 34.1 Å². The van der Waals surface area contributed by atoms with Crippen molar-refractivity contribution in [2.45, 2.75) is 6.92 Å². The molecule has 1 aliphatic rings. The number of fused-ring (bicyclic) bond motifs is 5. The molecule has 2 heterocycles. The Hall–Kier alpha value is -8.54. The Labute approximate surface area is 371 Å². The van der Waals surface area contributed by atoms with Gasteiger partial charge in [-0.15, -0.1) is 0 Å². The normalized spacial score (nSPS) is 11.6. The minimum absolute atomic E-state index is 0.758. The molecule has 0 bridgehead atoms. The highest BCUT2D eigenvalue weighted by atomic mass is 16.5. The summed E-state index contributed by atoms with van der Waals surface area (Å²) in [5, 5.41) is 4.16. The standard InChI is InChI=1S/C59H40N2O3/c1-39-24-27-46(61(44-28-25-41(26-29-44)40-14-5-2-6-15-40)45-31-34-55-52(36-45)48-20-11-12-22-53(48)62-55)37-57(39)63-54-35-33-50-49-32-30-47(38-58(49)64-56-23-13-21-51(54)59(50)56)60(42-16-7-3-8-17-42)43-18-9-4-10-19-43/h2-38H,1H3. The van der Waals surface area contributed by atoms with Crippen molar-refractivity contribution in [3.63, 3.8) is 0 Å². The molecule has 0 atom stereocenters. The summed E-state index contributed by atoms with van der Waals surface area (Å²) in [6, 6.07) is 78.2. The van der Waals surface area contributed by atoms with E-state index in [1.807, 2.05) is 42.5 Å². The van der Waals surface area contributed by atoms with Crippen molar-refractivity contribution in [3.8, 4) is 45.3 Å². The third-order valence-corrected chi connectivity index (χ3v) is 12.2. The van der Waals surface area contributed by atoms with E-state index in [1.165, 1.54) is 5.56 Å². The van der Waals surface area contributed by atoms with Crippen LogP contribution in [-0.2, 0) is 0 Å². The zero-order valence-electron chi connectivity index (χ0n) is 35.0. The monoisotopic (exact) mass is 824 g/mol. The van der Waals surface area contributed by atoms with Gasteiger partial charge in [-0.3, -0.25) is 0 Å². The second-order valence-electron chi connectivity index (χ2n) is 16.2. The lowest BCUT2D eigenvalue weighted by molar-refractivity contribution is 0.479. The summed E-state index contributed by atoms with van der Waals surface area (Å²) < 4.78 is 20.0. The molecule has 0 saturated carbocycles. The van der Waals surface area contributed by atoms with Crippen molar-refractivity contribution < 1.29 is 13.9 Å². The van der Waals surface area contributed by atoms with E-state index in [9.17, 15) is 0 Å². The van der Waals surface area contributed by atoms with Crippen LogP contribution in [0.3, 0.4) is 0 Å². The predicted octanol–water partition coefficient (Wildman–Crippen LogP) is 17.2. The Morgan fingerprint density at radius 1 is 0.359 bits per heavy atom. The molecule has 5 nitrogen and oxygen atoms in total. The molecule has 0 radical (unpaired) electrons. The van der Waals surface area contributed by atoms with Crippen LogP contribution in [-0.4, -0.2) is 0 Å². The van der Waals surface area contributed by atoms with E-state index < -0.39 is 0 Å². The van der Waals surface area contributed by atoms with Crippen LogP contribution in [0.2, 0.25) is 0 Å². The van der Waals surface area contributed by atoms with Crippen molar-refractivity contribution in [1.29, 1.82) is 0 Å². The van der Waals surface area contributed by atoms with Crippen LogP contribution in [0.25, 0.3) is 55.0 Å². The van der Waals surface area contributed by atoms with E-state index in [1.54, 1.807) is 0 Å². The third kappa shape index (κ3) is 6.50. The molecule has 10 aromatic carbocycles. The smallest absolute Gasteiger partial charge is 0.137 e. The number of benzene rings is 10. The number of nitrogens with zero attached hydrogens (tertiary/aromatic N) is 2. The second kappa shape index (κ2) is 15.4. The molecule has 0 fully saturated rings. The quantitative estimate of drug-likeness (QED) is 0.145. The van der Waals surface area contributed by atoms with E-state index in [0.29, 0.717) is 0 Å². The van der Waals surface area contributed by atoms with Crippen molar-refractivity contribution in [3.05, 3.63) is 230 Å². The third-order valence-electron chi connectivity index (χ3n) is 12.2. The molecule has 304 valence electrons. The van der Waals surface area contributed by atoms with E-state index in [4.69, 9.17) is 13.9 Å². The number of anilines is 6. The van der Waals surface area contributed by atoms with E-state index >= 15 is 0 Å². The summed E-state index contributed by atoms with van der Waals surface area (Å²) in [6.45, 7) is 2.10. The Bertz CT molecular complexity index is 3470. The van der Waals surface area contributed by atoms with Crippen LogP contribution >= 0.6 is 0 Å². The van der Waals surface area contributed by atoms with Crippen LogP contribution in [0, 0.1) is 6.92 Å². The van der Waals surface area contributed by atoms with Gasteiger partial charge in [0.25, 0.3) is 0 Å². The minimum atomic E-state index is 0.758. The molecule has 0 N–H and O–H groups in total. The fourth-order valence-corrected chi connectivity index (χ4v) is 9.11. The van der Waals surface area contributed by atoms with Crippen LogP contribution in [0.5, 0.6) is 23.0 Å². The molecular weight excluding hydrogens is 785 g/mol. The lowest BCUT2D eigenvalue weighted by Gasteiger charge is -2.28. The molecule has 11 aromatic rings. The van der Waals surface area contributed by atoms with E-state index in [-0.39, 0.29) is 0 Å². The average molecular weight is 825 g/mol. The number of aryl methyl sites for hydroxylation is 1. The predicted molar refractivity (Wildman–Crippen MR) is 263 cm³/mol. The maximum absolute atomic E-state index is 6.99. The number of hydrogen-bond donors (Lipinski definition) is 0. The lowest BCUT2D eigenvalue weighted by Crippen LogP contribution is -2.10. The Morgan fingerprint density at radius 3 is 1.70 bits per heavy atom. The largest absolute Gasteiger partial charge is 0.456 e. The Kier molecular flexibility index (Phi) is 8.97. The van der Waals surface area contributed by atoms with Crippen LogP contribution in [0.15, 0.2) is 229 Å². The van der Waals surface area contributed by atoms with Gasteiger partial charge in [0.2, 0.25) is 0 Å². The van der Waals surface area contributed by atoms with Gasteiger partial charge in [0, 0.05) is 73.4 Å². The van der Waals surface area contributed by atoms with Crippen LogP contribution < -0.4 is 19.3 Å². The summed E-state index contributed by atoms with van der Waals surface area (Å²) in [7, 11) is 0. The summed E-state index contributed by atoms with van der Waals surface area (Å²) in [4.78, 5) is 4.54. The molecule has 1 aromatic heterocycles. The van der Waals surface area contributed by atoms with Crippen molar-refractivity contribution in [2.75, 3.05) is 9.80 Å². The highest BCUT2D eigenvalue weighted by Crippen LogP contribution is 2.51. The first-order valence-electron chi connectivity index (χ1n) is 21.6. The zero-order chi connectivity index (χ0) is 42.6.